The molecule has 126 valence electrons. The highest BCUT2D eigenvalue weighted by molar-refractivity contribution is 5.30. The van der Waals surface area contributed by atoms with Crippen molar-refractivity contribution in [2.45, 2.75) is 50.8 Å². The molecule has 0 aromatic carbocycles. The van der Waals surface area contributed by atoms with Gasteiger partial charge in [-0.2, -0.15) is 5.10 Å². The zero-order valence-electron chi connectivity index (χ0n) is 14.0. The quantitative estimate of drug-likeness (QED) is 0.867. The predicted octanol–water partition coefficient (Wildman–Crippen LogP) is 2.80. The van der Waals surface area contributed by atoms with Gasteiger partial charge in [0.2, 0.25) is 0 Å². The van der Waals surface area contributed by atoms with E-state index < -0.39 is 0 Å². The lowest BCUT2D eigenvalue weighted by atomic mass is 9.56. The Balaban J connectivity index is 1.37. The van der Waals surface area contributed by atoms with Crippen molar-refractivity contribution in [2.24, 2.45) is 5.41 Å². The fourth-order valence-electron chi connectivity index (χ4n) is 4.97. The summed E-state index contributed by atoms with van der Waals surface area (Å²) < 4.78 is 8.12. The van der Waals surface area contributed by atoms with Crippen LogP contribution in [0.15, 0.2) is 36.8 Å². The minimum absolute atomic E-state index is 0.441. The lowest BCUT2D eigenvalue weighted by molar-refractivity contribution is -0.176. The molecule has 0 amide bonds. The SMILES string of the molecule is c1cc(-n2nccc2CN2CC3(CCC3)C2C2CCCO2)ccn1. The normalized spacial score (nSPS) is 28.7. The molecule has 2 unspecified atom stereocenters. The third kappa shape index (κ3) is 2.22. The van der Waals surface area contributed by atoms with Crippen LogP contribution in [0, 0.1) is 5.41 Å². The summed E-state index contributed by atoms with van der Waals surface area (Å²) in [6.07, 6.45) is 12.6. The number of nitrogens with zero attached hydrogens (tertiary/aromatic N) is 4. The fraction of sp³-hybridized carbons (Fsp3) is 0.579. The van der Waals surface area contributed by atoms with Crippen LogP contribution in [0.25, 0.3) is 5.69 Å². The van der Waals surface area contributed by atoms with Crippen LogP contribution >= 0.6 is 0 Å². The minimum Gasteiger partial charge on any atom is -0.377 e. The van der Waals surface area contributed by atoms with Crippen LogP contribution in [-0.2, 0) is 11.3 Å². The molecule has 3 fully saturated rings. The van der Waals surface area contributed by atoms with Crippen LogP contribution in [-0.4, -0.2) is 45.0 Å². The van der Waals surface area contributed by atoms with Crippen molar-refractivity contribution < 1.29 is 4.74 Å². The molecule has 2 aliphatic heterocycles. The molecule has 1 spiro atoms. The Labute approximate surface area is 142 Å². The summed E-state index contributed by atoms with van der Waals surface area (Å²) in [5.41, 5.74) is 2.88. The van der Waals surface area contributed by atoms with Crippen LogP contribution in [0.3, 0.4) is 0 Å². The number of likely N-dealkylation sites (tertiary alicyclic amines) is 1. The molecule has 1 aliphatic carbocycles. The number of rotatable bonds is 4. The number of aromatic nitrogens is 3. The van der Waals surface area contributed by atoms with Crippen LogP contribution in [0.4, 0.5) is 0 Å². The molecule has 3 aliphatic rings. The molecule has 5 heteroatoms. The van der Waals surface area contributed by atoms with E-state index in [1.54, 1.807) is 0 Å². The summed E-state index contributed by atoms with van der Waals surface area (Å²) in [5.74, 6) is 0. The Hall–Kier alpha value is -1.72. The third-order valence-corrected chi connectivity index (χ3v) is 6.20. The first-order valence-corrected chi connectivity index (χ1v) is 9.15. The monoisotopic (exact) mass is 324 g/mol. The fourth-order valence-corrected chi connectivity index (χ4v) is 4.97. The zero-order valence-corrected chi connectivity index (χ0v) is 14.0. The number of pyridine rings is 1. The summed E-state index contributed by atoms with van der Waals surface area (Å²) in [5, 5.41) is 4.52. The first-order chi connectivity index (χ1) is 11.9. The zero-order chi connectivity index (χ0) is 16.0. The van der Waals surface area contributed by atoms with E-state index in [0.717, 1.165) is 18.8 Å². The minimum atomic E-state index is 0.441. The molecule has 2 aromatic heterocycles. The second kappa shape index (κ2) is 5.67. The van der Waals surface area contributed by atoms with Crippen LogP contribution in [0.2, 0.25) is 0 Å². The first kappa shape index (κ1) is 14.6. The summed E-state index contributed by atoms with van der Waals surface area (Å²) in [6, 6.07) is 6.77. The predicted molar refractivity (Wildman–Crippen MR) is 90.8 cm³/mol. The van der Waals surface area contributed by atoms with Crippen molar-refractivity contribution in [2.75, 3.05) is 13.2 Å². The van der Waals surface area contributed by atoms with Crippen molar-refractivity contribution in [3.05, 3.63) is 42.5 Å². The number of hydrogen-bond acceptors (Lipinski definition) is 4. The van der Waals surface area contributed by atoms with Gasteiger partial charge in [0.1, 0.15) is 0 Å². The Kier molecular flexibility index (Phi) is 3.45. The highest BCUT2D eigenvalue weighted by atomic mass is 16.5. The first-order valence-electron chi connectivity index (χ1n) is 9.15. The van der Waals surface area contributed by atoms with Crippen molar-refractivity contribution in [1.29, 1.82) is 0 Å². The standard InChI is InChI=1S/C19H24N4O/c1-3-17(24-12-1)18-19(7-2-8-19)14-22(18)13-16-6-11-21-23(16)15-4-9-20-10-5-15/h4-6,9-11,17-18H,1-3,7-8,12-14H2. The van der Waals surface area contributed by atoms with Crippen molar-refractivity contribution in [3.63, 3.8) is 0 Å². The van der Waals surface area contributed by atoms with Gasteiger partial charge >= 0.3 is 0 Å². The van der Waals surface area contributed by atoms with E-state index in [2.05, 4.69) is 21.0 Å². The van der Waals surface area contributed by atoms with E-state index in [9.17, 15) is 0 Å². The molecule has 5 rings (SSSR count). The van der Waals surface area contributed by atoms with Crippen LogP contribution in [0.5, 0.6) is 0 Å². The van der Waals surface area contributed by atoms with Crippen molar-refractivity contribution in [1.82, 2.24) is 19.7 Å². The van der Waals surface area contributed by atoms with Gasteiger partial charge in [-0.15, -0.1) is 0 Å². The summed E-state index contributed by atoms with van der Waals surface area (Å²) >= 11 is 0. The van der Waals surface area contributed by atoms with Gasteiger partial charge in [0.05, 0.1) is 17.5 Å². The molecule has 4 heterocycles. The molecular formula is C19H24N4O. The van der Waals surface area contributed by atoms with E-state index in [0.29, 0.717) is 17.6 Å². The number of hydrogen-bond donors (Lipinski definition) is 0. The average Bonchev–Trinajstić information content (AvgIpc) is 3.21. The second-order valence-corrected chi connectivity index (χ2v) is 7.56. The third-order valence-electron chi connectivity index (χ3n) is 6.20. The Morgan fingerprint density at radius 1 is 1.12 bits per heavy atom. The molecule has 2 atom stereocenters. The van der Waals surface area contributed by atoms with Crippen LogP contribution < -0.4 is 0 Å². The van der Waals surface area contributed by atoms with Gasteiger partial charge in [-0.1, -0.05) is 6.42 Å². The van der Waals surface area contributed by atoms with E-state index in [-0.39, 0.29) is 0 Å². The molecule has 0 N–H and O–H groups in total. The van der Waals surface area contributed by atoms with E-state index in [4.69, 9.17) is 4.74 Å². The lowest BCUT2D eigenvalue weighted by Gasteiger charge is -2.64. The van der Waals surface area contributed by atoms with Crippen molar-refractivity contribution >= 4 is 0 Å². The van der Waals surface area contributed by atoms with Gasteiger partial charge in [-0.25, -0.2) is 4.68 Å². The largest absolute Gasteiger partial charge is 0.377 e. The summed E-state index contributed by atoms with van der Waals surface area (Å²) in [4.78, 5) is 6.74. The molecule has 0 radical (unpaired) electrons. The summed E-state index contributed by atoms with van der Waals surface area (Å²) in [6.45, 7) is 3.12. The van der Waals surface area contributed by atoms with Crippen LogP contribution in [0.1, 0.15) is 37.8 Å². The van der Waals surface area contributed by atoms with Gasteiger partial charge in [0.15, 0.2) is 0 Å². The van der Waals surface area contributed by atoms with Gasteiger partial charge in [-0.3, -0.25) is 9.88 Å². The van der Waals surface area contributed by atoms with E-state index in [1.165, 1.54) is 44.3 Å². The van der Waals surface area contributed by atoms with Crippen molar-refractivity contribution in [3.8, 4) is 5.69 Å². The lowest BCUT2D eigenvalue weighted by Crippen LogP contribution is -2.70. The maximum Gasteiger partial charge on any atom is 0.0737 e. The molecular weight excluding hydrogens is 300 g/mol. The van der Waals surface area contributed by atoms with Gasteiger partial charge in [0, 0.05) is 49.7 Å². The molecule has 0 bridgehead atoms. The molecule has 1 saturated carbocycles. The Morgan fingerprint density at radius 2 is 2.00 bits per heavy atom. The maximum atomic E-state index is 6.08. The smallest absolute Gasteiger partial charge is 0.0737 e. The maximum absolute atomic E-state index is 6.08. The highest BCUT2D eigenvalue weighted by Crippen LogP contribution is 2.55. The van der Waals surface area contributed by atoms with E-state index in [1.807, 2.05) is 35.4 Å². The second-order valence-electron chi connectivity index (χ2n) is 7.56. The summed E-state index contributed by atoms with van der Waals surface area (Å²) in [7, 11) is 0. The van der Waals surface area contributed by atoms with Gasteiger partial charge < -0.3 is 4.74 Å². The Morgan fingerprint density at radius 3 is 2.71 bits per heavy atom. The number of ether oxygens (including phenoxy) is 1. The molecule has 2 aromatic rings. The van der Waals surface area contributed by atoms with E-state index >= 15 is 0 Å². The topological polar surface area (TPSA) is 43.2 Å². The molecule has 2 saturated heterocycles. The molecule has 24 heavy (non-hydrogen) atoms. The van der Waals surface area contributed by atoms with Gasteiger partial charge in [-0.05, 0) is 43.9 Å². The molecule has 5 nitrogen and oxygen atoms in total. The Bertz CT molecular complexity index is 703. The van der Waals surface area contributed by atoms with Gasteiger partial charge in [0.25, 0.3) is 0 Å². The average molecular weight is 324 g/mol. The highest BCUT2D eigenvalue weighted by Gasteiger charge is 2.58.